The number of carbonyl (C=O) groups is 3. The number of carbonyl (C=O) groups excluding carboxylic acids is 3. The van der Waals surface area contributed by atoms with Crippen molar-refractivity contribution in [1.29, 1.82) is 0 Å². The normalized spacial score (nSPS) is 41.3. The molecule has 37 heavy (non-hydrogen) atoms. The van der Waals surface area contributed by atoms with Gasteiger partial charge in [-0.3, -0.25) is 14.4 Å². The van der Waals surface area contributed by atoms with Crippen molar-refractivity contribution >= 4 is 17.7 Å². The van der Waals surface area contributed by atoms with Gasteiger partial charge in [-0.1, -0.05) is 53.0 Å². The molecule has 4 aliphatic rings. The fourth-order valence-electron chi connectivity index (χ4n) is 7.47. The van der Waals surface area contributed by atoms with Gasteiger partial charge in [-0.15, -0.1) is 0 Å². The number of hydrogen-bond acceptors (Lipinski definition) is 7. The zero-order chi connectivity index (χ0) is 26.9. The molecule has 1 unspecified atom stereocenters. The second-order valence-corrected chi connectivity index (χ2v) is 12.3. The first-order valence-electron chi connectivity index (χ1n) is 14.4. The highest BCUT2D eigenvalue weighted by Crippen LogP contribution is 2.57. The minimum atomic E-state index is -0.986. The van der Waals surface area contributed by atoms with E-state index in [0.29, 0.717) is 30.9 Å². The molecular weight excluding hydrogens is 472 g/mol. The van der Waals surface area contributed by atoms with E-state index in [1.807, 2.05) is 6.92 Å². The van der Waals surface area contributed by atoms with Crippen LogP contribution in [0.3, 0.4) is 0 Å². The summed E-state index contributed by atoms with van der Waals surface area (Å²) in [5.41, 5.74) is -0.516. The van der Waals surface area contributed by atoms with E-state index in [9.17, 15) is 14.4 Å². The molecule has 0 radical (unpaired) electrons. The average molecular weight is 519 g/mol. The van der Waals surface area contributed by atoms with Crippen LogP contribution in [0.4, 0.5) is 0 Å². The Morgan fingerprint density at radius 2 is 1.78 bits per heavy atom. The van der Waals surface area contributed by atoms with Gasteiger partial charge < -0.3 is 18.9 Å². The van der Waals surface area contributed by atoms with E-state index in [0.717, 1.165) is 38.5 Å². The Balaban J connectivity index is 1.66. The maximum absolute atomic E-state index is 13.3. The standard InChI is InChI=1S/C30H46O7/c1-7-8-9-10-11-12-25(33)37-24-15-22(32)17(2)14-23-27-26-21(13-18(3)28(27)35-20(5)31)19(4)16-34-30(24,6)29(26)36-23/h18-19,21,23-24,26-29H,2,7-16H2,1,3-6H3/t18-,19+,21+,23?,24-,26+,27+,28-,29+,30+/m1/s1. The van der Waals surface area contributed by atoms with Gasteiger partial charge in [0.15, 0.2) is 5.78 Å². The number of ketones is 1. The molecule has 3 aliphatic heterocycles. The van der Waals surface area contributed by atoms with Crippen LogP contribution >= 0.6 is 0 Å². The van der Waals surface area contributed by atoms with E-state index in [4.69, 9.17) is 18.9 Å². The Bertz CT molecular complexity index is 883. The molecule has 3 saturated heterocycles. The van der Waals surface area contributed by atoms with E-state index < -0.39 is 11.7 Å². The lowest BCUT2D eigenvalue weighted by molar-refractivity contribution is -0.203. The van der Waals surface area contributed by atoms with Crippen LogP contribution in [0, 0.1) is 29.6 Å². The second-order valence-electron chi connectivity index (χ2n) is 12.3. The van der Waals surface area contributed by atoms with Gasteiger partial charge in [-0.2, -0.15) is 0 Å². The Morgan fingerprint density at radius 3 is 2.49 bits per heavy atom. The molecule has 4 fully saturated rings. The zero-order valence-corrected chi connectivity index (χ0v) is 23.3. The van der Waals surface area contributed by atoms with Crippen molar-refractivity contribution in [3.8, 4) is 0 Å². The van der Waals surface area contributed by atoms with Crippen molar-refractivity contribution in [3.05, 3.63) is 12.2 Å². The van der Waals surface area contributed by atoms with Gasteiger partial charge in [0.25, 0.3) is 0 Å². The summed E-state index contributed by atoms with van der Waals surface area (Å²) in [5, 5.41) is 0. The quantitative estimate of drug-likeness (QED) is 0.248. The van der Waals surface area contributed by atoms with Crippen molar-refractivity contribution in [1.82, 2.24) is 0 Å². The van der Waals surface area contributed by atoms with E-state index in [1.54, 1.807) is 0 Å². The van der Waals surface area contributed by atoms with Gasteiger partial charge >= 0.3 is 11.9 Å². The molecule has 0 aromatic rings. The van der Waals surface area contributed by atoms with Crippen LogP contribution in [-0.2, 0) is 33.3 Å². The minimum absolute atomic E-state index is 0.0453. The Hall–Kier alpha value is -1.73. The molecule has 1 aliphatic carbocycles. The van der Waals surface area contributed by atoms with Gasteiger partial charge in [0, 0.05) is 31.6 Å². The van der Waals surface area contributed by atoms with Crippen LogP contribution in [0.2, 0.25) is 0 Å². The molecule has 7 nitrogen and oxygen atoms in total. The second kappa shape index (κ2) is 11.6. The summed E-state index contributed by atoms with van der Waals surface area (Å²) < 4.78 is 25.4. The molecule has 208 valence electrons. The topological polar surface area (TPSA) is 88.1 Å². The third kappa shape index (κ3) is 5.68. The molecular formula is C30H46O7. The SMILES string of the molecule is C=C1CC2O[C@H]3[C@H]4[C@@H](C[C@@H](C)[C@@H](OC(C)=O)[C@@H]24)[C@@H](C)CO[C@@]3(C)[C@H](OC(=O)CCCCCCC)CC1=O. The molecule has 0 spiro atoms. The van der Waals surface area contributed by atoms with Gasteiger partial charge in [0.2, 0.25) is 0 Å². The van der Waals surface area contributed by atoms with Gasteiger partial charge in [0.05, 0.1) is 25.2 Å². The molecule has 0 aromatic heterocycles. The zero-order valence-electron chi connectivity index (χ0n) is 23.3. The summed E-state index contributed by atoms with van der Waals surface area (Å²) in [6.07, 6.45) is 5.12. The number of ether oxygens (including phenoxy) is 4. The number of Topliss-reactive ketones (excluding diaryl/α,β-unsaturated/α-hetero) is 1. The van der Waals surface area contributed by atoms with Crippen molar-refractivity contribution < 1.29 is 33.3 Å². The summed E-state index contributed by atoms with van der Waals surface area (Å²) >= 11 is 0. The van der Waals surface area contributed by atoms with Crippen molar-refractivity contribution in [3.63, 3.8) is 0 Å². The highest BCUT2D eigenvalue weighted by molar-refractivity contribution is 5.95. The highest BCUT2D eigenvalue weighted by atomic mass is 16.6. The fraction of sp³-hybridized carbons (Fsp3) is 0.833. The first-order valence-corrected chi connectivity index (χ1v) is 14.4. The van der Waals surface area contributed by atoms with E-state index >= 15 is 0 Å². The van der Waals surface area contributed by atoms with Crippen LogP contribution in [0.5, 0.6) is 0 Å². The monoisotopic (exact) mass is 518 g/mol. The Morgan fingerprint density at radius 1 is 1.05 bits per heavy atom. The van der Waals surface area contributed by atoms with Crippen LogP contribution in [0.1, 0.15) is 92.4 Å². The van der Waals surface area contributed by atoms with Crippen LogP contribution in [-0.4, -0.2) is 54.3 Å². The summed E-state index contributed by atoms with van der Waals surface area (Å²) in [6.45, 7) is 14.5. The third-order valence-corrected chi connectivity index (χ3v) is 9.49. The average Bonchev–Trinajstić information content (AvgIpc) is 3.18. The van der Waals surface area contributed by atoms with Crippen LogP contribution < -0.4 is 0 Å². The molecule has 7 heteroatoms. The molecule has 10 atom stereocenters. The number of rotatable bonds is 8. The maximum atomic E-state index is 13.3. The van der Waals surface area contributed by atoms with Crippen molar-refractivity contribution in [2.75, 3.05) is 6.61 Å². The van der Waals surface area contributed by atoms with Gasteiger partial charge in [0.1, 0.15) is 17.8 Å². The first kappa shape index (κ1) is 28.3. The predicted octanol–water partition coefficient (Wildman–Crippen LogP) is 5.19. The first-order chi connectivity index (χ1) is 17.6. The van der Waals surface area contributed by atoms with E-state index in [1.165, 1.54) is 6.92 Å². The molecule has 2 bridgehead atoms. The minimum Gasteiger partial charge on any atom is -0.462 e. The number of hydrogen-bond donors (Lipinski definition) is 0. The predicted molar refractivity (Wildman–Crippen MR) is 139 cm³/mol. The van der Waals surface area contributed by atoms with Crippen LogP contribution in [0.15, 0.2) is 12.2 Å². The lowest BCUT2D eigenvalue weighted by Gasteiger charge is -2.47. The van der Waals surface area contributed by atoms with Crippen molar-refractivity contribution in [2.24, 2.45) is 29.6 Å². The Labute approximate surface area is 222 Å². The lowest BCUT2D eigenvalue weighted by Crippen LogP contribution is -2.57. The summed E-state index contributed by atoms with van der Waals surface area (Å²) in [7, 11) is 0. The number of fused-ring (bicyclic) bond motifs is 2. The largest absolute Gasteiger partial charge is 0.462 e. The van der Waals surface area contributed by atoms with E-state index in [2.05, 4.69) is 27.4 Å². The smallest absolute Gasteiger partial charge is 0.306 e. The summed E-state index contributed by atoms with van der Waals surface area (Å²) in [5.74, 6) is 0.0365. The Kier molecular flexibility index (Phi) is 8.84. The van der Waals surface area contributed by atoms with Gasteiger partial charge in [-0.05, 0) is 43.1 Å². The van der Waals surface area contributed by atoms with Crippen molar-refractivity contribution in [2.45, 2.75) is 122 Å². The molecule has 1 saturated carbocycles. The molecule has 0 aromatic carbocycles. The fourth-order valence-corrected chi connectivity index (χ4v) is 7.47. The number of esters is 2. The molecule has 0 amide bonds. The molecule has 4 rings (SSSR count). The molecule has 0 N–H and O–H groups in total. The summed E-state index contributed by atoms with van der Waals surface area (Å²) in [4.78, 5) is 38.4. The summed E-state index contributed by atoms with van der Waals surface area (Å²) in [6, 6.07) is 0. The van der Waals surface area contributed by atoms with E-state index in [-0.39, 0.29) is 66.1 Å². The maximum Gasteiger partial charge on any atom is 0.306 e. The lowest BCUT2D eigenvalue weighted by atomic mass is 9.59. The number of unbranched alkanes of at least 4 members (excludes halogenated alkanes) is 4. The molecule has 3 heterocycles. The van der Waals surface area contributed by atoms with Crippen LogP contribution in [0.25, 0.3) is 0 Å². The third-order valence-electron chi connectivity index (χ3n) is 9.49. The van der Waals surface area contributed by atoms with Gasteiger partial charge in [-0.25, -0.2) is 0 Å². The highest BCUT2D eigenvalue weighted by Gasteiger charge is 2.65.